The number of hydrogen-bond donors (Lipinski definition) is 3. The zero-order chi connectivity index (χ0) is 15.6. The molecule has 1 rings (SSSR count). The number of amides is 1. The van der Waals surface area contributed by atoms with Gasteiger partial charge in [-0.05, 0) is 52.3 Å². The molecule has 6 nitrogen and oxygen atoms in total. The number of phenols is 1. The second kappa shape index (κ2) is 5.68. The highest BCUT2D eigenvalue weighted by atomic mass is 16.6. The monoisotopic (exact) mass is 282 g/mol. The molecule has 0 aliphatic heterocycles. The fraction of sp³-hybridized carbons (Fsp3) is 0.500. The molecule has 6 heteroatoms. The van der Waals surface area contributed by atoms with Gasteiger partial charge in [0, 0.05) is 0 Å². The van der Waals surface area contributed by atoms with Gasteiger partial charge in [0.15, 0.2) is 0 Å². The standard InChI is InChI=1S/C14H22N2O4/c1-13(2,3)19-12(18)16-10-8-9(6-7-11(10)17)14(4,5)20-15/h6-8,17H,15H2,1-5H3,(H,16,18). The number of carbonyl (C=O) groups is 1. The molecule has 112 valence electrons. The van der Waals surface area contributed by atoms with Gasteiger partial charge in [-0.25, -0.2) is 10.7 Å². The largest absolute Gasteiger partial charge is 0.506 e. The first kappa shape index (κ1) is 16.3. The van der Waals surface area contributed by atoms with Gasteiger partial charge in [-0.3, -0.25) is 10.2 Å². The average molecular weight is 282 g/mol. The predicted octanol–water partition coefficient (Wildman–Crippen LogP) is 2.86. The molecule has 0 bridgehead atoms. The average Bonchev–Trinajstić information content (AvgIpc) is 2.29. The normalized spacial score (nSPS) is 12.1. The van der Waals surface area contributed by atoms with Crippen LogP contribution in [0.2, 0.25) is 0 Å². The van der Waals surface area contributed by atoms with Crippen molar-refractivity contribution in [3.63, 3.8) is 0 Å². The Hall–Kier alpha value is -1.79. The Labute approximate surface area is 118 Å². The summed E-state index contributed by atoms with van der Waals surface area (Å²) in [4.78, 5) is 16.6. The molecule has 0 aromatic heterocycles. The third kappa shape index (κ3) is 4.40. The summed E-state index contributed by atoms with van der Waals surface area (Å²) in [7, 11) is 0. The molecule has 0 saturated carbocycles. The minimum atomic E-state index is -0.738. The number of aromatic hydroxyl groups is 1. The number of rotatable bonds is 3. The van der Waals surface area contributed by atoms with Crippen molar-refractivity contribution in [2.24, 2.45) is 5.90 Å². The van der Waals surface area contributed by atoms with E-state index in [-0.39, 0.29) is 11.4 Å². The fourth-order valence-corrected chi connectivity index (χ4v) is 1.49. The van der Waals surface area contributed by atoms with Gasteiger partial charge in [0.25, 0.3) is 0 Å². The molecule has 0 radical (unpaired) electrons. The maximum Gasteiger partial charge on any atom is 0.412 e. The van der Waals surface area contributed by atoms with Gasteiger partial charge in [0.2, 0.25) is 0 Å². The van der Waals surface area contributed by atoms with Crippen LogP contribution in [-0.2, 0) is 15.2 Å². The van der Waals surface area contributed by atoms with Crippen molar-refractivity contribution in [3.8, 4) is 5.75 Å². The van der Waals surface area contributed by atoms with E-state index in [0.29, 0.717) is 5.56 Å². The Morgan fingerprint density at radius 3 is 2.35 bits per heavy atom. The minimum absolute atomic E-state index is 0.0626. The van der Waals surface area contributed by atoms with Crippen LogP contribution in [0.15, 0.2) is 18.2 Å². The van der Waals surface area contributed by atoms with Crippen molar-refractivity contribution in [2.45, 2.75) is 45.8 Å². The Kier molecular flexibility index (Phi) is 4.62. The second-order valence-electron chi connectivity index (χ2n) is 5.99. The lowest BCUT2D eigenvalue weighted by Crippen LogP contribution is -2.28. The van der Waals surface area contributed by atoms with E-state index in [1.165, 1.54) is 6.07 Å². The molecule has 1 aromatic rings. The van der Waals surface area contributed by atoms with E-state index in [1.807, 2.05) is 0 Å². The number of ether oxygens (including phenoxy) is 1. The summed E-state index contributed by atoms with van der Waals surface area (Å²) >= 11 is 0. The first-order valence-corrected chi connectivity index (χ1v) is 6.26. The summed E-state index contributed by atoms with van der Waals surface area (Å²) in [5.41, 5.74) is -0.402. The Morgan fingerprint density at radius 2 is 1.85 bits per heavy atom. The zero-order valence-corrected chi connectivity index (χ0v) is 12.5. The van der Waals surface area contributed by atoms with Crippen molar-refractivity contribution >= 4 is 11.8 Å². The van der Waals surface area contributed by atoms with Crippen molar-refractivity contribution in [2.75, 3.05) is 5.32 Å². The number of carbonyl (C=O) groups excluding carboxylic acids is 1. The molecule has 1 amide bonds. The van der Waals surface area contributed by atoms with Crippen LogP contribution in [0.1, 0.15) is 40.2 Å². The summed E-state index contributed by atoms with van der Waals surface area (Å²) in [5, 5.41) is 12.3. The molecule has 1 aromatic carbocycles. The fourth-order valence-electron chi connectivity index (χ4n) is 1.49. The lowest BCUT2D eigenvalue weighted by Gasteiger charge is -2.24. The zero-order valence-electron chi connectivity index (χ0n) is 12.5. The number of nitrogens with two attached hydrogens (primary N) is 1. The summed E-state index contributed by atoms with van der Waals surface area (Å²) in [5.74, 6) is 5.17. The van der Waals surface area contributed by atoms with E-state index in [1.54, 1.807) is 46.8 Å². The third-order valence-electron chi connectivity index (χ3n) is 2.62. The molecule has 0 heterocycles. The summed E-state index contributed by atoms with van der Waals surface area (Å²) in [6.45, 7) is 8.82. The Balaban J connectivity index is 2.96. The van der Waals surface area contributed by atoms with Crippen LogP contribution in [-0.4, -0.2) is 16.8 Å². The van der Waals surface area contributed by atoms with E-state index in [4.69, 9.17) is 15.5 Å². The number of nitrogens with one attached hydrogen (secondary N) is 1. The quantitative estimate of drug-likeness (QED) is 0.585. The smallest absolute Gasteiger partial charge is 0.412 e. The van der Waals surface area contributed by atoms with Gasteiger partial charge < -0.3 is 9.84 Å². The summed E-state index contributed by atoms with van der Waals surface area (Å²) in [6, 6.07) is 4.72. The van der Waals surface area contributed by atoms with Crippen LogP contribution < -0.4 is 11.2 Å². The van der Waals surface area contributed by atoms with E-state index < -0.39 is 17.3 Å². The summed E-state index contributed by atoms with van der Waals surface area (Å²) < 4.78 is 5.13. The maximum atomic E-state index is 11.7. The highest BCUT2D eigenvalue weighted by Gasteiger charge is 2.23. The third-order valence-corrected chi connectivity index (χ3v) is 2.62. The SMILES string of the molecule is CC(C)(C)OC(=O)Nc1cc(C(C)(C)ON)ccc1O. The predicted molar refractivity (Wildman–Crippen MR) is 76.3 cm³/mol. The maximum absolute atomic E-state index is 11.7. The molecule has 20 heavy (non-hydrogen) atoms. The lowest BCUT2D eigenvalue weighted by molar-refractivity contribution is -0.0236. The van der Waals surface area contributed by atoms with Crippen LogP contribution in [0.25, 0.3) is 0 Å². The van der Waals surface area contributed by atoms with Crippen LogP contribution in [0.3, 0.4) is 0 Å². The van der Waals surface area contributed by atoms with Gasteiger partial charge in [0.1, 0.15) is 17.0 Å². The molecular weight excluding hydrogens is 260 g/mol. The van der Waals surface area contributed by atoms with Gasteiger partial charge in [0.05, 0.1) is 5.69 Å². The molecule has 0 fully saturated rings. The molecule has 0 atom stereocenters. The molecule has 0 aliphatic carbocycles. The van der Waals surface area contributed by atoms with E-state index in [9.17, 15) is 9.90 Å². The van der Waals surface area contributed by atoms with Gasteiger partial charge >= 0.3 is 6.09 Å². The highest BCUT2D eigenvalue weighted by Crippen LogP contribution is 2.31. The van der Waals surface area contributed by atoms with Crippen molar-refractivity contribution < 1.29 is 19.5 Å². The molecule has 0 saturated heterocycles. The number of anilines is 1. The van der Waals surface area contributed by atoms with Crippen LogP contribution >= 0.6 is 0 Å². The number of hydrogen-bond acceptors (Lipinski definition) is 5. The molecule has 0 spiro atoms. The summed E-state index contributed by atoms with van der Waals surface area (Å²) in [6.07, 6.45) is -0.642. The number of phenolic OH excluding ortho intramolecular Hbond substituents is 1. The lowest BCUT2D eigenvalue weighted by atomic mass is 9.97. The molecular formula is C14H22N2O4. The van der Waals surface area contributed by atoms with Gasteiger partial charge in [-0.2, -0.15) is 0 Å². The molecule has 0 unspecified atom stereocenters. The van der Waals surface area contributed by atoms with Crippen molar-refractivity contribution in [1.82, 2.24) is 0 Å². The van der Waals surface area contributed by atoms with E-state index in [2.05, 4.69) is 5.32 Å². The van der Waals surface area contributed by atoms with Gasteiger partial charge in [-0.15, -0.1) is 0 Å². The van der Waals surface area contributed by atoms with Gasteiger partial charge in [-0.1, -0.05) is 6.07 Å². The van der Waals surface area contributed by atoms with Crippen molar-refractivity contribution in [1.29, 1.82) is 0 Å². The van der Waals surface area contributed by atoms with Crippen LogP contribution in [0.4, 0.5) is 10.5 Å². The van der Waals surface area contributed by atoms with Crippen molar-refractivity contribution in [3.05, 3.63) is 23.8 Å². The second-order valence-corrected chi connectivity index (χ2v) is 5.99. The molecule has 4 N–H and O–H groups in total. The number of benzene rings is 1. The van der Waals surface area contributed by atoms with E-state index in [0.717, 1.165) is 0 Å². The first-order chi connectivity index (χ1) is 9.05. The Bertz CT molecular complexity index is 492. The van der Waals surface area contributed by atoms with E-state index >= 15 is 0 Å². The molecule has 0 aliphatic rings. The van der Waals surface area contributed by atoms with Crippen LogP contribution in [0.5, 0.6) is 5.75 Å². The topological polar surface area (TPSA) is 93.8 Å². The van der Waals surface area contributed by atoms with Crippen LogP contribution in [0, 0.1) is 0 Å². The highest BCUT2D eigenvalue weighted by molar-refractivity contribution is 5.87. The Morgan fingerprint density at radius 1 is 1.25 bits per heavy atom. The first-order valence-electron chi connectivity index (χ1n) is 6.26. The minimum Gasteiger partial charge on any atom is -0.506 e.